The zero-order valence-corrected chi connectivity index (χ0v) is 20.7. The third-order valence-electron chi connectivity index (χ3n) is 6.95. The number of halogens is 1. The van der Waals surface area contributed by atoms with E-state index < -0.39 is 24.3 Å². The fourth-order valence-electron chi connectivity index (χ4n) is 4.79. The van der Waals surface area contributed by atoms with Crippen LogP contribution in [0.4, 0.5) is 10.5 Å². The molecular weight excluding hydrogens is 484 g/mol. The van der Waals surface area contributed by atoms with E-state index in [1.54, 1.807) is 23.1 Å². The van der Waals surface area contributed by atoms with Gasteiger partial charge in [-0.25, -0.2) is 9.79 Å². The van der Waals surface area contributed by atoms with Crippen LogP contribution in [0.1, 0.15) is 36.7 Å². The van der Waals surface area contributed by atoms with Crippen LogP contribution in [0.5, 0.6) is 0 Å². The molecule has 2 aliphatic rings. The minimum absolute atomic E-state index is 0.198. The van der Waals surface area contributed by atoms with Crippen LogP contribution < -0.4 is 5.32 Å². The van der Waals surface area contributed by atoms with Gasteiger partial charge < -0.3 is 14.6 Å². The average molecular weight is 511 g/mol. The van der Waals surface area contributed by atoms with Gasteiger partial charge >= 0.3 is 12.0 Å². The SMILES string of the molecule is CCc1oc2ccc(/N=C3\NC(=O)N([C@H]4C[C@@H](C(=O)O)C4)C(O)N3Cc3ccc(Cl)cc3)cc2c1C. The Kier molecular flexibility index (Phi) is 6.36. The zero-order chi connectivity index (χ0) is 25.6. The van der Waals surface area contributed by atoms with Crippen molar-refractivity contribution < 1.29 is 24.2 Å². The van der Waals surface area contributed by atoms with Crippen molar-refractivity contribution in [3.8, 4) is 0 Å². The smallest absolute Gasteiger partial charge is 0.327 e. The van der Waals surface area contributed by atoms with Crippen molar-refractivity contribution in [2.45, 2.75) is 52.0 Å². The largest absolute Gasteiger partial charge is 0.481 e. The van der Waals surface area contributed by atoms with Crippen molar-refractivity contribution in [1.29, 1.82) is 0 Å². The van der Waals surface area contributed by atoms with Crippen LogP contribution in [0.3, 0.4) is 0 Å². The average Bonchev–Trinajstić information content (AvgIpc) is 3.13. The van der Waals surface area contributed by atoms with E-state index in [2.05, 4.69) is 10.3 Å². The number of aliphatic hydroxyl groups excluding tert-OH is 1. The van der Waals surface area contributed by atoms with Crippen molar-refractivity contribution >= 4 is 46.2 Å². The summed E-state index contributed by atoms with van der Waals surface area (Å²) in [5.41, 5.74) is 3.27. The number of benzene rings is 2. The van der Waals surface area contributed by atoms with Crippen molar-refractivity contribution in [3.63, 3.8) is 0 Å². The highest BCUT2D eigenvalue weighted by Crippen LogP contribution is 2.35. The number of hydrogen-bond donors (Lipinski definition) is 3. The highest BCUT2D eigenvalue weighted by atomic mass is 35.5. The standard InChI is InChI=1S/C26H27ClN4O5/c1-3-21-14(2)20-12-18(8-9-22(20)36-21)28-24-29-25(34)31(19-10-16(11-19)23(32)33)26(35)30(24)13-15-4-6-17(27)7-5-15/h4-9,12,16,19,26,35H,3,10-11,13H2,1-2H3,(H,32,33)(H,28,29,34)/t16-,19+,26?. The molecule has 1 saturated carbocycles. The lowest BCUT2D eigenvalue weighted by Crippen LogP contribution is -2.69. The van der Waals surface area contributed by atoms with Gasteiger partial charge in [0.25, 0.3) is 0 Å². The molecule has 5 rings (SSSR count). The third-order valence-corrected chi connectivity index (χ3v) is 7.20. The van der Waals surface area contributed by atoms with Gasteiger partial charge in [-0.15, -0.1) is 0 Å². The first kappa shape index (κ1) is 24.1. The molecule has 36 heavy (non-hydrogen) atoms. The van der Waals surface area contributed by atoms with E-state index >= 15 is 0 Å². The van der Waals surface area contributed by atoms with E-state index in [9.17, 15) is 19.8 Å². The van der Waals surface area contributed by atoms with Crippen LogP contribution in [0.25, 0.3) is 11.0 Å². The lowest BCUT2D eigenvalue weighted by molar-refractivity contribution is -0.152. The molecule has 2 amide bonds. The number of aliphatic carboxylic acids is 1. The first-order chi connectivity index (χ1) is 17.2. The maximum atomic E-state index is 13.0. The number of aliphatic hydroxyl groups is 1. The number of aryl methyl sites for hydroxylation is 2. The molecule has 188 valence electrons. The Morgan fingerprint density at radius 2 is 1.94 bits per heavy atom. The number of hydrogen-bond acceptors (Lipinski definition) is 5. The number of carboxylic acids is 1. The molecule has 10 heteroatoms. The van der Waals surface area contributed by atoms with Crippen molar-refractivity contribution in [1.82, 2.24) is 15.1 Å². The van der Waals surface area contributed by atoms with Gasteiger partial charge in [-0.1, -0.05) is 30.7 Å². The summed E-state index contributed by atoms with van der Waals surface area (Å²) in [6.45, 7) is 4.28. The number of aliphatic imine (C=N–C) groups is 1. The first-order valence-corrected chi connectivity index (χ1v) is 12.2. The molecule has 1 unspecified atom stereocenters. The quantitative estimate of drug-likeness (QED) is 0.445. The summed E-state index contributed by atoms with van der Waals surface area (Å²) >= 11 is 6.03. The second-order valence-corrected chi connectivity index (χ2v) is 9.65. The molecule has 3 N–H and O–H groups in total. The Morgan fingerprint density at radius 1 is 1.22 bits per heavy atom. The van der Waals surface area contributed by atoms with Gasteiger partial charge in [0.05, 0.1) is 18.2 Å². The molecular formula is C26H27ClN4O5. The summed E-state index contributed by atoms with van der Waals surface area (Å²) in [4.78, 5) is 31.9. The second kappa shape index (κ2) is 9.48. The number of urea groups is 1. The molecule has 0 spiro atoms. The van der Waals surface area contributed by atoms with Crippen molar-refractivity contribution in [2.24, 2.45) is 10.9 Å². The monoisotopic (exact) mass is 510 g/mol. The number of guanidine groups is 1. The Bertz CT molecular complexity index is 1350. The van der Waals surface area contributed by atoms with Crippen LogP contribution in [0, 0.1) is 12.8 Å². The number of amides is 2. The summed E-state index contributed by atoms with van der Waals surface area (Å²) in [5.74, 6) is -0.303. The Labute approximate surface area is 213 Å². The Balaban J connectivity index is 1.48. The molecule has 3 aromatic rings. The first-order valence-electron chi connectivity index (χ1n) is 11.9. The lowest BCUT2D eigenvalue weighted by atomic mass is 9.79. The molecule has 2 heterocycles. The molecule has 1 saturated heterocycles. The molecule has 9 nitrogen and oxygen atoms in total. The lowest BCUT2D eigenvalue weighted by Gasteiger charge is -2.49. The number of rotatable bonds is 6. The van der Waals surface area contributed by atoms with E-state index in [0.29, 0.717) is 10.7 Å². The highest BCUT2D eigenvalue weighted by Gasteiger charge is 2.47. The molecule has 2 fully saturated rings. The summed E-state index contributed by atoms with van der Waals surface area (Å²) in [7, 11) is 0. The zero-order valence-electron chi connectivity index (χ0n) is 19.9. The van der Waals surface area contributed by atoms with E-state index in [1.807, 2.05) is 38.1 Å². The highest BCUT2D eigenvalue weighted by molar-refractivity contribution is 6.30. The van der Waals surface area contributed by atoms with E-state index in [1.165, 1.54) is 4.90 Å². The molecule has 0 radical (unpaired) electrons. The predicted octanol–water partition coefficient (Wildman–Crippen LogP) is 4.61. The topological polar surface area (TPSA) is 119 Å². The number of carbonyl (C=O) groups excluding carboxylic acids is 1. The van der Waals surface area contributed by atoms with E-state index in [4.69, 9.17) is 16.0 Å². The molecule has 1 aliphatic heterocycles. The second-order valence-electron chi connectivity index (χ2n) is 9.22. The fourth-order valence-corrected chi connectivity index (χ4v) is 4.92. The normalized spacial score (nSPS) is 23.2. The minimum atomic E-state index is -1.32. The molecule has 1 atom stereocenters. The van der Waals surface area contributed by atoms with Crippen LogP contribution in [0.15, 0.2) is 51.9 Å². The van der Waals surface area contributed by atoms with Gasteiger partial charge in [0.15, 0.2) is 0 Å². The number of furan rings is 1. The summed E-state index contributed by atoms with van der Waals surface area (Å²) in [6.07, 6.45) is 0.0365. The van der Waals surface area contributed by atoms with Crippen LogP contribution in [-0.4, -0.2) is 50.4 Å². The number of nitrogens with one attached hydrogen (secondary N) is 1. The van der Waals surface area contributed by atoms with Gasteiger partial charge in [-0.2, -0.15) is 0 Å². The van der Waals surface area contributed by atoms with Gasteiger partial charge in [0.2, 0.25) is 12.3 Å². The fraction of sp³-hybridized carbons (Fsp3) is 0.346. The molecule has 2 aromatic carbocycles. The summed E-state index contributed by atoms with van der Waals surface area (Å²) in [5, 5.41) is 24.9. The van der Waals surface area contributed by atoms with E-state index in [0.717, 1.165) is 34.3 Å². The number of carbonyl (C=O) groups is 2. The molecule has 1 aliphatic carbocycles. The Morgan fingerprint density at radius 3 is 2.61 bits per heavy atom. The van der Waals surface area contributed by atoms with Gasteiger partial charge in [0.1, 0.15) is 11.3 Å². The maximum absolute atomic E-state index is 13.0. The summed E-state index contributed by atoms with van der Waals surface area (Å²) < 4.78 is 5.89. The maximum Gasteiger partial charge on any atom is 0.327 e. The molecule has 1 aromatic heterocycles. The van der Waals surface area contributed by atoms with Gasteiger partial charge in [-0.3, -0.25) is 19.9 Å². The van der Waals surface area contributed by atoms with E-state index in [-0.39, 0.29) is 31.4 Å². The van der Waals surface area contributed by atoms with Crippen LogP contribution >= 0.6 is 11.6 Å². The molecule has 0 bridgehead atoms. The third kappa shape index (κ3) is 4.40. The number of nitrogens with zero attached hydrogens (tertiary/aromatic N) is 3. The van der Waals surface area contributed by atoms with Gasteiger partial charge in [-0.05, 0) is 61.2 Å². The summed E-state index contributed by atoms with van der Waals surface area (Å²) in [6, 6.07) is 11.8. The predicted molar refractivity (Wildman–Crippen MR) is 135 cm³/mol. The minimum Gasteiger partial charge on any atom is -0.481 e. The number of fused-ring (bicyclic) bond motifs is 1. The Hall–Kier alpha value is -3.56. The number of carboxylic acid groups (broad SMARTS) is 1. The van der Waals surface area contributed by atoms with Gasteiger partial charge in [0, 0.05) is 22.9 Å². The van der Waals surface area contributed by atoms with Crippen LogP contribution in [-0.2, 0) is 17.8 Å². The van der Waals surface area contributed by atoms with Crippen molar-refractivity contribution in [2.75, 3.05) is 0 Å². The van der Waals surface area contributed by atoms with Crippen LogP contribution in [0.2, 0.25) is 5.02 Å². The van der Waals surface area contributed by atoms with Crippen molar-refractivity contribution in [3.05, 3.63) is 64.4 Å².